The van der Waals surface area contributed by atoms with Gasteiger partial charge in [0.25, 0.3) is 0 Å². The number of fused-ring (bicyclic) bond motifs is 1. The molecular weight excluding hydrogens is 232 g/mol. The summed E-state index contributed by atoms with van der Waals surface area (Å²) in [5.74, 6) is -0.00380. The smallest absolute Gasteiger partial charge is 0.237 e. The van der Waals surface area contributed by atoms with Gasteiger partial charge < -0.3 is 11.1 Å². The van der Waals surface area contributed by atoms with E-state index in [9.17, 15) is 4.79 Å². The predicted octanol–water partition coefficient (Wildman–Crippen LogP) is 2.37. The van der Waals surface area contributed by atoms with Crippen LogP contribution in [-0.4, -0.2) is 11.9 Å². The first-order valence-electron chi connectivity index (χ1n) is 6.34. The number of hydrogen-bond donors (Lipinski definition) is 2. The molecule has 0 fully saturated rings. The molecule has 0 saturated carbocycles. The number of amides is 1. The molecule has 0 aromatic carbocycles. The van der Waals surface area contributed by atoms with Crippen molar-refractivity contribution in [3.63, 3.8) is 0 Å². The van der Waals surface area contributed by atoms with Crippen molar-refractivity contribution in [1.29, 1.82) is 0 Å². The van der Waals surface area contributed by atoms with Crippen LogP contribution in [0, 0.1) is 0 Å². The molecule has 1 heterocycles. The molecule has 0 bridgehead atoms. The number of carbonyl (C=O) groups is 1. The van der Waals surface area contributed by atoms with Crippen molar-refractivity contribution >= 4 is 17.2 Å². The summed E-state index contributed by atoms with van der Waals surface area (Å²) in [6, 6.07) is 1.96. The SMILES string of the molecule is CCC[C@H](N)C(=O)NC1CCCc2sccc21. The second-order valence-electron chi connectivity index (χ2n) is 4.65. The largest absolute Gasteiger partial charge is 0.348 e. The summed E-state index contributed by atoms with van der Waals surface area (Å²) in [7, 11) is 0. The summed E-state index contributed by atoms with van der Waals surface area (Å²) in [6.07, 6.45) is 5.05. The van der Waals surface area contributed by atoms with E-state index in [0.717, 1.165) is 32.1 Å². The minimum absolute atomic E-state index is 0.00380. The molecule has 4 heteroatoms. The Balaban J connectivity index is 1.99. The third-order valence-corrected chi connectivity index (χ3v) is 4.30. The molecule has 1 aliphatic carbocycles. The van der Waals surface area contributed by atoms with Crippen LogP contribution in [0.4, 0.5) is 0 Å². The van der Waals surface area contributed by atoms with E-state index in [0.29, 0.717) is 0 Å². The zero-order chi connectivity index (χ0) is 12.3. The molecule has 1 aliphatic rings. The highest BCUT2D eigenvalue weighted by molar-refractivity contribution is 7.10. The molecule has 1 aromatic rings. The van der Waals surface area contributed by atoms with E-state index in [1.54, 1.807) is 11.3 Å². The number of aryl methyl sites for hydroxylation is 1. The Morgan fingerprint density at radius 3 is 3.29 bits per heavy atom. The van der Waals surface area contributed by atoms with Crippen molar-refractivity contribution in [3.8, 4) is 0 Å². The first-order chi connectivity index (χ1) is 8.22. The van der Waals surface area contributed by atoms with E-state index in [2.05, 4.69) is 16.8 Å². The van der Waals surface area contributed by atoms with Gasteiger partial charge >= 0.3 is 0 Å². The zero-order valence-electron chi connectivity index (χ0n) is 10.2. The van der Waals surface area contributed by atoms with Crippen LogP contribution in [-0.2, 0) is 11.2 Å². The van der Waals surface area contributed by atoms with Crippen LogP contribution in [0.5, 0.6) is 0 Å². The third-order valence-electron chi connectivity index (χ3n) is 3.30. The molecule has 1 unspecified atom stereocenters. The fraction of sp³-hybridized carbons (Fsp3) is 0.615. The van der Waals surface area contributed by atoms with Crippen molar-refractivity contribution in [3.05, 3.63) is 21.9 Å². The van der Waals surface area contributed by atoms with Crippen molar-refractivity contribution in [1.82, 2.24) is 5.32 Å². The lowest BCUT2D eigenvalue weighted by molar-refractivity contribution is -0.123. The summed E-state index contributed by atoms with van der Waals surface area (Å²) >= 11 is 1.79. The van der Waals surface area contributed by atoms with Gasteiger partial charge in [-0.25, -0.2) is 0 Å². The van der Waals surface area contributed by atoms with Crippen LogP contribution in [0.15, 0.2) is 11.4 Å². The highest BCUT2D eigenvalue weighted by Gasteiger charge is 2.24. The maximum absolute atomic E-state index is 11.9. The highest BCUT2D eigenvalue weighted by Crippen LogP contribution is 2.33. The molecule has 0 aliphatic heterocycles. The van der Waals surface area contributed by atoms with E-state index >= 15 is 0 Å². The molecule has 2 rings (SSSR count). The molecule has 1 aromatic heterocycles. The summed E-state index contributed by atoms with van der Waals surface area (Å²) in [5, 5.41) is 5.20. The molecule has 94 valence electrons. The van der Waals surface area contributed by atoms with Gasteiger partial charge in [0, 0.05) is 4.88 Å². The number of nitrogens with one attached hydrogen (secondary N) is 1. The third kappa shape index (κ3) is 2.87. The number of nitrogens with two attached hydrogens (primary N) is 1. The van der Waals surface area contributed by atoms with Gasteiger partial charge in [-0.15, -0.1) is 11.3 Å². The average molecular weight is 252 g/mol. The van der Waals surface area contributed by atoms with Crippen molar-refractivity contribution < 1.29 is 4.79 Å². The van der Waals surface area contributed by atoms with Crippen LogP contribution in [0.1, 0.15) is 49.1 Å². The Morgan fingerprint density at radius 2 is 2.53 bits per heavy atom. The maximum Gasteiger partial charge on any atom is 0.237 e. The average Bonchev–Trinajstić information content (AvgIpc) is 2.78. The second kappa shape index (κ2) is 5.65. The summed E-state index contributed by atoms with van der Waals surface area (Å²) in [6.45, 7) is 2.05. The van der Waals surface area contributed by atoms with Crippen LogP contribution in [0.2, 0.25) is 0 Å². The van der Waals surface area contributed by atoms with E-state index in [1.807, 2.05) is 6.92 Å². The van der Waals surface area contributed by atoms with Crippen LogP contribution in [0.3, 0.4) is 0 Å². The molecule has 1 amide bonds. The monoisotopic (exact) mass is 252 g/mol. The molecule has 2 atom stereocenters. The molecule has 3 nitrogen and oxygen atoms in total. The zero-order valence-corrected chi connectivity index (χ0v) is 11.1. The Morgan fingerprint density at radius 1 is 1.71 bits per heavy atom. The Labute approximate surface area is 106 Å². The van der Waals surface area contributed by atoms with Crippen molar-refractivity contribution in [2.45, 2.75) is 51.1 Å². The lowest BCUT2D eigenvalue weighted by atomic mass is 9.93. The van der Waals surface area contributed by atoms with Gasteiger partial charge in [0.1, 0.15) is 0 Å². The first-order valence-corrected chi connectivity index (χ1v) is 7.22. The summed E-state index contributed by atoms with van der Waals surface area (Å²) in [5.41, 5.74) is 7.13. The van der Waals surface area contributed by atoms with Crippen molar-refractivity contribution in [2.24, 2.45) is 5.73 Å². The first kappa shape index (κ1) is 12.6. The molecular formula is C13H20N2OS. The standard InChI is InChI=1S/C13H20N2OS/c1-2-4-10(14)13(16)15-11-5-3-6-12-9(11)7-8-17-12/h7-8,10-11H,2-6,14H2,1H3,(H,15,16)/t10-,11?/m0/s1. The van der Waals surface area contributed by atoms with E-state index in [1.165, 1.54) is 10.4 Å². The molecule has 17 heavy (non-hydrogen) atoms. The van der Waals surface area contributed by atoms with Crippen LogP contribution in [0.25, 0.3) is 0 Å². The maximum atomic E-state index is 11.9. The predicted molar refractivity (Wildman–Crippen MR) is 71.0 cm³/mol. The number of hydrogen-bond acceptors (Lipinski definition) is 3. The molecule has 0 spiro atoms. The minimum atomic E-state index is -0.357. The molecule has 3 N–H and O–H groups in total. The van der Waals surface area contributed by atoms with E-state index < -0.39 is 0 Å². The van der Waals surface area contributed by atoms with Gasteiger partial charge in [0.15, 0.2) is 0 Å². The Hall–Kier alpha value is -0.870. The van der Waals surface area contributed by atoms with Gasteiger partial charge in [0.05, 0.1) is 12.1 Å². The lowest BCUT2D eigenvalue weighted by Gasteiger charge is -2.25. The van der Waals surface area contributed by atoms with Gasteiger partial charge in [-0.1, -0.05) is 13.3 Å². The quantitative estimate of drug-likeness (QED) is 0.864. The van der Waals surface area contributed by atoms with Gasteiger partial charge in [-0.05, 0) is 42.7 Å². The number of carbonyl (C=O) groups excluding carboxylic acids is 1. The normalized spacial score (nSPS) is 20.7. The molecule has 0 radical (unpaired) electrons. The van der Waals surface area contributed by atoms with Gasteiger partial charge in [0.2, 0.25) is 5.91 Å². The fourth-order valence-corrected chi connectivity index (χ4v) is 3.34. The minimum Gasteiger partial charge on any atom is -0.348 e. The van der Waals surface area contributed by atoms with Crippen LogP contribution >= 0.6 is 11.3 Å². The lowest BCUT2D eigenvalue weighted by Crippen LogP contribution is -2.42. The van der Waals surface area contributed by atoms with E-state index in [-0.39, 0.29) is 18.0 Å². The number of thiophene rings is 1. The topological polar surface area (TPSA) is 55.1 Å². The van der Waals surface area contributed by atoms with Crippen molar-refractivity contribution in [2.75, 3.05) is 0 Å². The van der Waals surface area contributed by atoms with E-state index in [4.69, 9.17) is 5.73 Å². The fourth-order valence-electron chi connectivity index (χ4n) is 2.36. The van der Waals surface area contributed by atoms with Gasteiger partial charge in [-0.3, -0.25) is 4.79 Å². The number of rotatable bonds is 4. The summed E-state index contributed by atoms with van der Waals surface area (Å²) < 4.78 is 0. The highest BCUT2D eigenvalue weighted by atomic mass is 32.1. The Kier molecular flexibility index (Phi) is 4.18. The molecule has 0 saturated heterocycles. The summed E-state index contributed by atoms with van der Waals surface area (Å²) in [4.78, 5) is 13.3. The van der Waals surface area contributed by atoms with Gasteiger partial charge in [-0.2, -0.15) is 0 Å². The Bertz CT molecular complexity index is 389. The second-order valence-corrected chi connectivity index (χ2v) is 5.65. The van der Waals surface area contributed by atoms with Crippen LogP contribution < -0.4 is 11.1 Å².